The summed E-state index contributed by atoms with van der Waals surface area (Å²) in [5.74, 6) is 0. The average molecular weight is 232 g/mol. The van der Waals surface area contributed by atoms with Crippen LogP contribution in [0.5, 0.6) is 0 Å². The Labute approximate surface area is 81.8 Å². The van der Waals surface area contributed by atoms with E-state index in [1.165, 1.54) is 20.4 Å². The van der Waals surface area contributed by atoms with Gasteiger partial charge in [0.05, 0.1) is 0 Å². The van der Waals surface area contributed by atoms with E-state index < -0.39 is 0 Å². The zero-order valence-corrected chi connectivity index (χ0v) is 8.61. The van der Waals surface area contributed by atoms with Crippen LogP contribution >= 0.6 is 0 Å². The minimum atomic E-state index is 0.541. The monoisotopic (exact) mass is 233 g/mol. The van der Waals surface area contributed by atoms with Gasteiger partial charge in [0.15, 0.2) is 0 Å². The minimum absolute atomic E-state index is 0.541. The summed E-state index contributed by atoms with van der Waals surface area (Å²) >= 11 is 0.541. The summed E-state index contributed by atoms with van der Waals surface area (Å²) in [6, 6.07) is 8.70. The fraction of sp³-hybridized carbons (Fsp3) is 0. The van der Waals surface area contributed by atoms with Crippen molar-refractivity contribution in [3.8, 4) is 0 Å². The molecule has 0 spiro atoms. The standard InChI is InChI=1S/C11H7NSe/c1-2-11-9(4-6-13-11)10-7-12-5-3-8(1)10/h1-7H. The van der Waals surface area contributed by atoms with Crippen molar-refractivity contribution in [2.45, 2.75) is 0 Å². The second-order valence-electron chi connectivity index (χ2n) is 2.99. The van der Waals surface area contributed by atoms with E-state index in [1.54, 1.807) is 0 Å². The zero-order chi connectivity index (χ0) is 8.67. The van der Waals surface area contributed by atoms with Crippen molar-refractivity contribution in [1.82, 2.24) is 4.98 Å². The van der Waals surface area contributed by atoms with E-state index in [1.807, 2.05) is 12.4 Å². The van der Waals surface area contributed by atoms with Crippen LogP contribution in [-0.4, -0.2) is 19.5 Å². The Morgan fingerprint density at radius 2 is 2.00 bits per heavy atom. The molecule has 0 amide bonds. The summed E-state index contributed by atoms with van der Waals surface area (Å²) in [5.41, 5.74) is 0. The molecule has 1 nitrogen and oxygen atoms in total. The zero-order valence-electron chi connectivity index (χ0n) is 6.90. The van der Waals surface area contributed by atoms with Gasteiger partial charge in [-0.25, -0.2) is 0 Å². The molecule has 1 aromatic carbocycles. The van der Waals surface area contributed by atoms with Crippen molar-refractivity contribution in [1.29, 1.82) is 0 Å². The van der Waals surface area contributed by atoms with Gasteiger partial charge in [0.1, 0.15) is 0 Å². The van der Waals surface area contributed by atoms with Gasteiger partial charge in [-0.2, -0.15) is 0 Å². The van der Waals surface area contributed by atoms with Crippen LogP contribution in [0.4, 0.5) is 0 Å². The van der Waals surface area contributed by atoms with Crippen molar-refractivity contribution in [2.75, 3.05) is 0 Å². The summed E-state index contributed by atoms with van der Waals surface area (Å²) < 4.78 is 1.48. The first-order valence-corrected chi connectivity index (χ1v) is 6.00. The molecule has 0 unspecified atom stereocenters. The molecule has 0 N–H and O–H groups in total. The summed E-state index contributed by atoms with van der Waals surface area (Å²) in [7, 11) is 0. The van der Waals surface area contributed by atoms with Gasteiger partial charge >= 0.3 is 81.5 Å². The molecule has 2 heteroatoms. The molecule has 0 aliphatic carbocycles. The molecule has 0 aliphatic rings. The van der Waals surface area contributed by atoms with Gasteiger partial charge in [-0.15, -0.1) is 0 Å². The fourth-order valence-corrected chi connectivity index (χ4v) is 3.30. The predicted molar refractivity (Wildman–Crippen MR) is 56.2 cm³/mol. The van der Waals surface area contributed by atoms with Crippen molar-refractivity contribution < 1.29 is 0 Å². The number of fused-ring (bicyclic) bond motifs is 3. The number of pyridine rings is 1. The third kappa shape index (κ3) is 1.03. The van der Waals surface area contributed by atoms with Gasteiger partial charge in [-0.1, -0.05) is 0 Å². The molecule has 3 aromatic rings. The first kappa shape index (κ1) is 7.31. The summed E-state index contributed by atoms with van der Waals surface area (Å²) in [4.78, 5) is 6.43. The molecule has 2 aromatic heterocycles. The van der Waals surface area contributed by atoms with Crippen LogP contribution in [-0.2, 0) is 0 Å². The van der Waals surface area contributed by atoms with Crippen LogP contribution in [0, 0.1) is 0 Å². The molecule has 0 radical (unpaired) electrons. The third-order valence-electron chi connectivity index (χ3n) is 2.25. The van der Waals surface area contributed by atoms with Crippen LogP contribution in [0.15, 0.2) is 41.6 Å². The van der Waals surface area contributed by atoms with Crippen LogP contribution < -0.4 is 0 Å². The molecule has 13 heavy (non-hydrogen) atoms. The molecule has 0 saturated carbocycles. The maximum atomic E-state index is 4.16. The van der Waals surface area contributed by atoms with Crippen LogP contribution in [0.1, 0.15) is 0 Å². The Bertz CT molecular complexity index is 568. The molecular weight excluding hydrogens is 225 g/mol. The maximum absolute atomic E-state index is 4.16. The number of aromatic nitrogens is 1. The van der Waals surface area contributed by atoms with Gasteiger partial charge in [0.2, 0.25) is 0 Å². The molecule has 0 aliphatic heterocycles. The van der Waals surface area contributed by atoms with Gasteiger partial charge in [0, 0.05) is 0 Å². The quantitative estimate of drug-likeness (QED) is 0.542. The van der Waals surface area contributed by atoms with Crippen molar-refractivity contribution in [3.63, 3.8) is 0 Å². The molecule has 0 atom stereocenters. The van der Waals surface area contributed by atoms with E-state index in [-0.39, 0.29) is 0 Å². The van der Waals surface area contributed by atoms with E-state index >= 15 is 0 Å². The van der Waals surface area contributed by atoms with Crippen molar-refractivity contribution in [3.05, 3.63) is 41.6 Å². The van der Waals surface area contributed by atoms with E-state index in [0.717, 1.165) is 0 Å². The normalized spacial score (nSPS) is 11.1. The van der Waals surface area contributed by atoms with Crippen LogP contribution in [0.2, 0.25) is 0 Å². The Balaban J connectivity index is 2.65. The first-order chi connectivity index (χ1) is 6.45. The Morgan fingerprint density at radius 3 is 3.00 bits per heavy atom. The second kappa shape index (κ2) is 2.69. The number of nitrogens with zero attached hydrogens (tertiary/aromatic N) is 1. The van der Waals surface area contributed by atoms with Gasteiger partial charge in [-0.3, -0.25) is 0 Å². The Hall–Kier alpha value is -1.11. The molecule has 0 bridgehead atoms. The van der Waals surface area contributed by atoms with Gasteiger partial charge in [0.25, 0.3) is 0 Å². The van der Waals surface area contributed by atoms with Crippen LogP contribution in [0.25, 0.3) is 20.4 Å². The molecular formula is C11H7NSe. The SMILES string of the molecule is c1cc2ccc3[se]ccc3c2cn1. The number of rotatable bonds is 0. The van der Waals surface area contributed by atoms with Crippen LogP contribution in [0.3, 0.4) is 0 Å². The Kier molecular flexibility index (Phi) is 1.51. The van der Waals surface area contributed by atoms with E-state index in [2.05, 4.69) is 34.2 Å². The topological polar surface area (TPSA) is 12.9 Å². The van der Waals surface area contributed by atoms with E-state index in [0.29, 0.717) is 14.5 Å². The molecule has 62 valence electrons. The molecule has 2 heterocycles. The number of benzene rings is 1. The van der Waals surface area contributed by atoms with Gasteiger partial charge < -0.3 is 0 Å². The third-order valence-corrected chi connectivity index (χ3v) is 4.11. The summed E-state index contributed by atoms with van der Waals surface area (Å²) in [5, 5.41) is 3.96. The molecule has 3 rings (SSSR count). The second-order valence-corrected chi connectivity index (χ2v) is 4.98. The van der Waals surface area contributed by atoms with Crippen molar-refractivity contribution >= 4 is 34.9 Å². The van der Waals surface area contributed by atoms with Crippen molar-refractivity contribution in [2.24, 2.45) is 0 Å². The predicted octanol–water partition coefficient (Wildman–Crippen LogP) is 2.45. The average Bonchev–Trinajstić information content (AvgIpc) is 2.65. The first-order valence-electron chi connectivity index (χ1n) is 4.15. The number of hydrogen-bond donors (Lipinski definition) is 0. The summed E-state index contributed by atoms with van der Waals surface area (Å²) in [6.45, 7) is 0. The fourth-order valence-electron chi connectivity index (χ4n) is 1.61. The molecule has 0 fully saturated rings. The van der Waals surface area contributed by atoms with E-state index in [9.17, 15) is 0 Å². The number of hydrogen-bond acceptors (Lipinski definition) is 1. The molecule has 0 saturated heterocycles. The van der Waals surface area contributed by atoms with E-state index in [4.69, 9.17) is 0 Å². The summed E-state index contributed by atoms with van der Waals surface area (Å²) in [6.07, 6.45) is 3.80. The van der Waals surface area contributed by atoms with Gasteiger partial charge in [-0.05, 0) is 0 Å². The Morgan fingerprint density at radius 1 is 1.00 bits per heavy atom.